The lowest BCUT2D eigenvalue weighted by molar-refractivity contribution is -0.384. The number of hydrogen-bond acceptors (Lipinski definition) is 8. The summed E-state index contributed by atoms with van der Waals surface area (Å²) >= 11 is 6.14. The van der Waals surface area contributed by atoms with Gasteiger partial charge in [0.2, 0.25) is 0 Å². The molecule has 1 aliphatic rings. The third kappa shape index (κ3) is 8.01. The van der Waals surface area contributed by atoms with Gasteiger partial charge in [0.25, 0.3) is 5.69 Å². The molecule has 3 aromatic rings. The summed E-state index contributed by atoms with van der Waals surface area (Å²) < 4.78 is 11.3. The summed E-state index contributed by atoms with van der Waals surface area (Å²) in [7, 11) is 3.18. The zero-order chi connectivity index (χ0) is 30.4. The van der Waals surface area contributed by atoms with Crippen molar-refractivity contribution in [3.8, 4) is 0 Å². The first-order valence-corrected chi connectivity index (χ1v) is 13.7. The molecule has 1 heterocycles. The number of rotatable bonds is 10. The number of dihydropyridines is 1. The molecule has 0 aromatic heterocycles. The fraction of sp³-hybridized carbons (Fsp3) is 0.250. The highest BCUT2D eigenvalue weighted by Crippen LogP contribution is 2.41. The van der Waals surface area contributed by atoms with Gasteiger partial charge in [0.05, 0.1) is 29.1 Å². The van der Waals surface area contributed by atoms with Crippen molar-refractivity contribution in [3.05, 3.63) is 133 Å². The number of carbonyl (C=O) groups is 2. The molecule has 0 saturated heterocycles. The van der Waals surface area contributed by atoms with Crippen LogP contribution in [0, 0.1) is 10.1 Å². The molecular weight excluding hydrogens is 593 g/mol. The van der Waals surface area contributed by atoms with E-state index in [1.165, 1.54) is 25.3 Å². The van der Waals surface area contributed by atoms with Crippen molar-refractivity contribution < 1.29 is 24.0 Å². The minimum atomic E-state index is -0.959. The maximum Gasteiger partial charge on any atom is 0.337 e. The van der Waals surface area contributed by atoms with Gasteiger partial charge in [0.15, 0.2) is 0 Å². The van der Waals surface area contributed by atoms with Crippen LogP contribution in [0.5, 0.6) is 0 Å². The summed E-state index contributed by atoms with van der Waals surface area (Å²) in [6.07, 6.45) is -0.692. The number of halogens is 2. The average molecular weight is 627 g/mol. The van der Waals surface area contributed by atoms with Crippen LogP contribution in [-0.2, 0) is 25.6 Å². The summed E-state index contributed by atoms with van der Waals surface area (Å²) in [5.41, 5.74) is 3.33. The Morgan fingerprint density at radius 2 is 1.60 bits per heavy atom. The Kier molecular flexibility index (Phi) is 11.5. The number of nitro groups is 1. The fourth-order valence-electron chi connectivity index (χ4n) is 5.12. The molecule has 2 atom stereocenters. The number of nitro benzene ring substituents is 1. The number of non-ortho nitro benzene ring substituents is 1. The van der Waals surface area contributed by atoms with E-state index in [0.717, 1.165) is 11.1 Å². The number of carbonyl (C=O) groups excluding carboxylic acids is 2. The smallest absolute Gasteiger partial charge is 0.337 e. The summed E-state index contributed by atoms with van der Waals surface area (Å²) in [5, 5.41) is 15.2. The van der Waals surface area contributed by atoms with Crippen molar-refractivity contribution in [1.29, 1.82) is 0 Å². The van der Waals surface area contributed by atoms with Gasteiger partial charge in [-0.15, -0.1) is 12.4 Å². The highest BCUT2D eigenvalue weighted by molar-refractivity contribution is 6.30. The standard InChI is InChI=1S/C32H32ClN3O6.ClH/c1-20-28(31(37)41-4)30(24-11-8-12-26(17-24)36(39)40)29(21(2)34-20)32(38)42-27(23-13-15-25(33)16-14-23)19-35(3)18-22-9-6-5-7-10-22;/h5-17,27,30,34H,18-19H2,1-4H3;1H. The molecule has 9 nitrogen and oxygen atoms in total. The third-order valence-electron chi connectivity index (χ3n) is 7.06. The Hall–Kier alpha value is -4.18. The van der Waals surface area contributed by atoms with Crippen LogP contribution in [0.3, 0.4) is 0 Å². The van der Waals surface area contributed by atoms with E-state index in [4.69, 9.17) is 21.1 Å². The molecule has 0 aliphatic carbocycles. The van der Waals surface area contributed by atoms with Gasteiger partial charge < -0.3 is 14.8 Å². The SMILES string of the molecule is COC(=O)C1=C(C)NC(C)=C(C(=O)OC(CN(C)Cc2ccccc2)c2ccc(Cl)cc2)C1c1cccc([N+](=O)[O-])c1.Cl. The molecule has 0 bridgehead atoms. The second-order valence-corrected chi connectivity index (χ2v) is 10.5. The zero-order valence-electron chi connectivity index (χ0n) is 24.2. The highest BCUT2D eigenvalue weighted by atomic mass is 35.5. The summed E-state index contributed by atoms with van der Waals surface area (Å²) in [5.74, 6) is -2.29. The molecule has 1 N–H and O–H groups in total. The Morgan fingerprint density at radius 3 is 2.21 bits per heavy atom. The summed E-state index contributed by atoms with van der Waals surface area (Å²) in [6.45, 7) is 4.38. The maximum atomic E-state index is 14.1. The summed E-state index contributed by atoms with van der Waals surface area (Å²) in [4.78, 5) is 40.2. The fourth-order valence-corrected chi connectivity index (χ4v) is 5.25. The molecule has 0 spiro atoms. The van der Waals surface area contributed by atoms with Gasteiger partial charge in [0, 0.05) is 41.6 Å². The molecule has 0 fully saturated rings. The van der Waals surface area contributed by atoms with Crippen LogP contribution in [0.2, 0.25) is 5.02 Å². The first kappa shape index (κ1) is 33.3. The molecule has 11 heteroatoms. The van der Waals surface area contributed by atoms with Gasteiger partial charge in [0.1, 0.15) is 6.10 Å². The number of allylic oxidation sites excluding steroid dienone is 2. The van der Waals surface area contributed by atoms with E-state index >= 15 is 0 Å². The Bertz CT molecular complexity index is 1540. The minimum absolute atomic E-state index is 0. The Morgan fingerprint density at radius 1 is 0.977 bits per heavy atom. The van der Waals surface area contributed by atoms with Crippen LogP contribution in [0.25, 0.3) is 0 Å². The number of methoxy groups -OCH3 is 1. The largest absolute Gasteiger partial charge is 0.466 e. The number of nitrogens with zero attached hydrogens (tertiary/aromatic N) is 2. The number of hydrogen-bond donors (Lipinski definition) is 1. The lowest BCUT2D eigenvalue weighted by Gasteiger charge is -2.32. The molecule has 0 saturated carbocycles. The lowest BCUT2D eigenvalue weighted by atomic mass is 9.80. The van der Waals surface area contributed by atoms with Crippen molar-refractivity contribution in [2.75, 3.05) is 20.7 Å². The van der Waals surface area contributed by atoms with Gasteiger partial charge in [-0.1, -0.05) is 66.2 Å². The van der Waals surface area contributed by atoms with Gasteiger partial charge in [-0.2, -0.15) is 0 Å². The van der Waals surface area contributed by atoms with Crippen molar-refractivity contribution in [2.45, 2.75) is 32.4 Å². The Balaban J connectivity index is 0.00000506. The van der Waals surface area contributed by atoms with Crippen molar-refractivity contribution in [1.82, 2.24) is 10.2 Å². The van der Waals surface area contributed by atoms with Gasteiger partial charge >= 0.3 is 11.9 Å². The zero-order valence-corrected chi connectivity index (χ0v) is 25.8. The van der Waals surface area contributed by atoms with E-state index in [9.17, 15) is 19.7 Å². The Labute approximate surface area is 261 Å². The van der Waals surface area contributed by atoms with Crippen LogP contribution < -0.4 is 5.32 Å². The van der Waals surface area contributed by atoms with Gasteiger partial charge in [-0.05, 0) is 49.7 Å². The van der Waals surface area contributed by atoms with Crippen molar-refractivity contribution in [2.24, 2.45) is 0 Å². The van der Waals surface area contributed by atoms with E-state index in [-0.39, 0.29) is 29.2 Å². The third-order valence-corrected chi connectivity index (χ3v) is 7.32. The van der Waals surface area contributed by atoms with Crippen molar-refractivity contribution in [3.63, 3.8) is 0 Å². The molecule has 4 rings (SSSR count). The van der Waals surface area contributed by atoms with Crippen LogP contribution >= 0.6 is 24.0 Å². The van der Waals surface area contributed by atoms with Crippen molar-refractivity contribution >= 4 is 41.6 Å². The van der Waals surface area contributed by atoms with E-state index in [1.807, 2.05) is 42.3 Å². The summed E-state index contributed by atoms with van der Waals surface area (Å²) in [6, 6.07) is 22.9. The first-order chi connectivity index (χ1) is 20.1. The monoisotopic (exact) mass is 625 g/mol. The first-order valence-electron chi connectivity index (χ1n) is 13.3. The number of benzene rings is 3. The minimum Gasteiger partial charge on any atom is -0.466 e. The van der Waals surface area contributed by atoms with Crippen LogP contribution in [-0.4, -0.2) is 42.5 Å². The predicted molar refractivity (Wildman–Crippen MR) is 167 cm³/mol. The maximum absolute atomic E-state index is 14.1. The van der Waals surface area contributed by atoms with E-state index in [0.29, 0.717) is 35.1 Å². The number of esters is 2. The molecule has 43 heavy (non-hydrogen) atoms. The van der Waals surface area contributed by atoms with Gasteiger partial charge in [-0.25, -0.2) is 9.59 Å². The highest BCUT2D eigenvalue weighted by Gasteiger charge is 2.39. The lowest BCUT2D eigenvalue weighted by Crippen LogP contribution is -2.34. The molecule has 1 aliphatic heterocycles. The predicted octanol–water partition coefficient (Wildman–Crippen LogP) is 6.49. The number of ether oxygens (including phenoxy) is 2. The quantitative estimate of drug-likeness (QED) is 0.154. The van der Waals surface area contributed by atoms with Gasteiger partial charge in [-0.3, -0.25) is 15.0 Å². The molecule has 3 aromatic carbocycles. The second-order valence-electron chi connectivity index (χ2n) is 10.1. The molecular formula is C32H33Cl2N3O6. The normalized spacial score (nSPS) is 15.3. The number of likely N-dealkylation sites (N-methyl/N-ethyl adjacent to an activating group) is 1. The topological polar surface area (TPSA) is 111 Å². The van der Waals surface area contributed by atoms with E-state index in [2.05, 4.69) is 5.32 Å². The van der Waals surface area contributed by atoms with E-state index < -0.39 is 28.9 Å². The average Bonchev–Trinajstić information content (AvgIpc) is 2.97. The van der Waals surface area contributed by atoms with E-state index in [1.54, 1.807) is 44.2 Å². The van der Waals surface area contributed by atoms with Crippen LogP contribution in [0.15, 0.2) is 101 Å². The molecule has 0 amide bonds. The van der Waals surface area contributed by atoms with Crippen LogP contribution in [0.1, 0.15) is 42.6 Å². The molecule has 2 unspecified atom stereocenters. The molecule has 0 radical (unpaired) electrons. The second kappa shape index (κ2) is 14.8. The molecule has 226 valence electrons. The van der Waals surface area contributed by atoms with Crippen LogP contribution in [0.4, 0.5) is 5.69 Å². The number of nitrogens with one attached hydrogen (secondary N) is 1.